The molecule has 0 fully saturated rings. The number of nitrogens with two attached hydrogens (primary N) is 1. The standard InChI is InChI=1S/C13H13NO3S/c1-17-12-6-5-10(8-13(12)18(15)16)9-3-2-4-11(14)7-9/h2-8H,14H2,1H3,(H,15,16). The molecule has 18 heavy (non-hydrogen) atoms. The number of methoxy groups -OCH3 is 1. The summed E-state index contributed by atoms with van der Waals surface area (Å²) in [6.45, 7) is 0. The smallest absolute Gasteiger partial charge is 0.190 e. The zero-order valence-electron chi connectivity index (χ0n) is 9.79. The Kier molecular flexibility index (Phi) is 3.64. The van der Waals surface area contributed by atoms with E-state index >= 15 is 0 Å². The highest BCUT2D eigenvalue weighted by Crippen LogP contribution is 2.29. The molecule has 1 atom stereocenters. The topological polar surface area (TPSA) is 72.5 Å². The first kappa shape index (κ1) is 12.6. The van der Waals surface area contributed by atoms with Gasteiger partial charge in [-0.25, -0.2) is 4.21 Å². The fourth-order valence-electron chi connectivity index (χ4n) is 1.71. The highest BCUT2D eigenvalue weighted by atomic mass is 32.2. The van der Waals surface area contributed by atoms with Gasteiger partial charge in [-0.3, -0.25) is 0 Å². The van der Waals surface area contributed by atoms with Crippen molar-refractivity contribution in [2.75, 3.05) is 12.8 Å². The number of benzene rings is 2. The van der Waals surface area contributed by atoms with Crippen LogP contribution in [-0.2, 0) is 11.1 Å². The number of ether oxygens (including phenoxy) is 1. The van der Waals surface area contributed by atoms with Crippen molar-refractivity contribution in [2.24, 2.45) is 0 Å². The van der Waals surface area contributed by atoms with Crippen LogP contribution in [0.5, 0.6) is 5.75 Å². The second kappa shape index (κ2) is 5.20. The summed E-state index contributed by atoms with van der Waals surface area (Å²) < 4.78 is 25.5. The molecule has 5 heteroatoms. The Morgan fingerprint density at radius 3 is 2.50 bits per heavy atom. The molecule has 4 nitrogen and oxygen atoms in total. The van der Waals surface area contributed by atoms with E-state index in [4.69, 9.17) is 10.5 Å². The molecule has 0 amide bonds. The van der Waals surface area contributed by atoms with Crippen LogP contribution in [0.25, 0.3) is 11.1 Å². The molecule has 2 rings (SSSR count). The quantitative estimate of drug-likeness (QED) is 0.659. The van der Waals surface area contributed by atoms with Gasteiger partial charge in [-0.05, 0) is 35.4 Å². The van der Waals surface area contributed by atoms with Crippen LogP contribution in [0.2, 0.25) is 0 Å². The van der Waals surface area contributed by atoms with Crippen molar-refractivity contribution in [3.05, 3.63) is 42.5 Å². The van der Waals surface area contributed by atoms with Crippen LogP contribution in [0, 0.1) is 0 Å². The van der Waals surface area contributed by atoms with Crippen LogP contribution in [0.3, 0.4) is 0 Å². The molecule has 0 aliphatic carbocycles. The predicted octanol–water partition coefficient (Wildman–Crippen LogP) is 2.53. The molecule has 0 radical (unpaired) electrons. The Morgan fingerprint density at radius 1 is 1.17 bits per heavy atom. The summed E-state index contributed by atoms with van der Waals surface area (Å²) >= 11 is -2.09. The SMILES string of the molecule is COc1ccc(-c2cccc(N)c2)cc1S(=O)O. The molecule has 0 bridgehead atoms. The summed E-state index contributed by atoms with van der Waals surface area (Å²) in [5, 5.41) is 0. The van der Waals surface area contributed by atoms with Crippen molar-refractivity contribution in [2.45, 2.75) is 4.90 Å². The molecular weight excluding hydrogens is 250 g/mol. The number of nitrogen functional groups attached to an aromatic ring is 1. The molecule has 0 saturated carbocycles. The monoisotopic (exact) mass is 263 g/mol. The molecule has 0 spiro atoms. The van der Waals surface area contributed by atoms with E-state index in [-0.39, 0.29) is 4.90 Å². The van der Waals surface area contributed by atoms with E-state index in [9.17, 15) is 8.76 Å². The Balaban J connectivity index is 2.53. The minimum atomic E-state index is -2.09. The van der Waals surface area contributed by atoms with Gasteiger partial charge in [0.25, 0.3) is 0 Å². The molecule has 94 valence electrons. The fraction of sp³-hybridized carbons (Fsp3) is 0.0769. The highest BCUT2D eigenvalue weighted by molar-refractivity contribution is 7.79. The van der Waals surface area contributed by atoms with Gasteiger partial charge in [-0.1, -0.05) is 18.2 Å². The number of hydrogen-bond donors (Lipinski definition) is 2. The first-order valence-electron chi connectivity index (χ1n) is 5.26. The van der Waals surface area contributed by atoms with Gasteiger partial charge in [0.1, 0.15) is 10.6 Å². The van der Waals surface area contributed by atoms with Crippen molar-refractivity contribution in [3.8, 4) is 16.9 Å². The van der Waals surface area contributed by atoms with E-state index in [1.165, 1.54) is 7.11 Å². The summed E-state index contributed by atoms with van der Waals surface area (Å²) in [5.41, 5.74) is 8.08. The molecule has 1 unspecified atom stereocenters. The Morgan fingerprint density at radius 2 is 1.89 bits per heavy atom. The average Bonchev–Trinajstić information content (AvgIpc) is 2.38. The van der Waals surface area contributed by atoms with E-state index in [1.807, 2.05) is 24.3 Å². The van der Waals surface area contributed by atoms with Crippen molar-refractivity contribution in [3.63, 3.8) is 0 Å². The van der Waals surface area contributed by atoms with Gasteiger partial charge in [0.05, 0.1) is 7.11 Å². The Bertz CT molecular complexity index is 599. The lowest BCUT2D eigenvalue weighted by Crippen LogP contribution is -1.95. The van der Waals surface area contributed by atoms with E-state index in [0.717, 1.165) is 11.1 Å². The zero-order valence-corrected chi connectivity index (χ0v) is 10.6. The normalized spacial score (nSPS) is 12.1. The second-order valence-electron chi connectivity index (χ2n) is 3.74. The lowest BCUT2D eigenvalue weighted by Gasteiger charge is -2.08. The molecule has 0 heterocycles. The maximum atomic E-state index is 11.2. The number of anilines is 1. The summed E-state index contributed by atoms with van der Waals surface area (Å²) in [5.74, 6) is 0.392. The maximum Gasteiger partial charge on any atom is 0.190 e. The Labute approximate surface area is 108 Å². The summed E-state index contributed by atoms with van der Waals surface area (Å²) in [7, 11) is 1.46. The zero-order chi connectivity index (χ0) is 13.1. The van der Waals surface area contributed by atoms with E-state index in [1.54, 1.807) is 18.2 Å². The van der Waals surface area contributed by atoms with Crippen LogP contribution < -0.4 is 10.5 Å². The number of hydrogen-bond acceptors (Lipinski definition) is 3. The largest absolute Gasteiger partial charge is 0.495 e. The summed E-state index contributed by atoms with van der Waals surface area (Å²) in [6, 6.07) is 12.5. The first-order valence-corrected chi connectivity index (χ1v) is 6.37. The molecule has 0 saturated heterocycles. The van der Waals surface area contributed by atoms with Crippen LogP contribution in [0.1, 0.15) is 0 Å². The average molecular weight is 263 g/mol. The van der Waals surface area contributed by atoms with Gasteiger partial charge in [0.15, 0.2) is 11.1 Å². The van der Waals surface area contributed by atoms with Gasteiger partial charge < -0.3 is 15.0 Å². The van der Waals surface area contributed by atoms with Crippen LogP contribution in [-0.4, -0.2) is 15.9 Å². The van der Waals surface area contributed by atoms with Crippen LogP contribution in [0.15, 0.2) is 47.4 Å². The van der Waals surface area contributed by atoms with Crippen molar-refractivity contribution in [1.82, 2.24) is 0 Å². The lowest BCUT2D eigenvalue weighted by molar-refractivity contribution is 0.402. The van der Waals surface area contributed by atoms with Gasteiger partial charge >= 0.3 is 0 Å². The third-order valence-corrected chi connectivity index (χ3v) is 3.27. The van der Waals surface area contributed by atoms with E-state index in [0.29, 0.717) is 11.4 Å². The number of rotatable bonds is 3. The third kappa shape index (κ3) is 2.52. The Hall–Kier alpha value is -1.85. The second-order valence-corrected chi connectivity index (χ2v) is 4.68. The van der Waals surface area contributed by atoms with Crippen molar-refractivity contribution < 1.29 is 13.5 Å². The van der Waals surface area contributed by atoms with Crippen LogP contribution in [0.4, 0.5) is 5.69 Å². The van der Waals surface area contributed by atoms with Crippen molar-refractivity contribution >= 4 is 16.8 Å². The molecule has 2 aromatic carbocycles. The molecule has 3 N–H and O–H groups in total. The molecule has 2 aromatic rings. The maximum absolute atomic E-state index is 11.2. The van der Waals surface area contributed by atoms with Gasteiger partial charge in [-0.15, -0.1) is 0 Å². The summed E-state index contributed by atoms with van der Waals surface area (Å²) in [6.07, 6.45) is 0. The molecule has 0 aliphatic heterocycles. The lowest BCUT2D eigenvalue weighted by atomic mass is 10.1. The molecular formula is C13H13NO3S. The van der Waals surface area contributed by atoms with Gasteiger partial charge in [0, 0.05) is 5.69 Å². The minimum absolute atomic E-state index is 0.248. The van der Waals surface area contributed by atoms with Gasteiger partial charge in [-0.2, -0.15) is 0 Å². The predicted molar refractivity (Wildman–Crippen MR) is 71.9 cm³/mol. The molecule has 0 aromatic heterocycles. The summed E-state index contributed by atoms with van der Waals surface area (Å²) in [4.78, 5) is 0.248. The molecule has 0 aliphatic rings. The first-order chi connectivity index (χ1) is 8.61. The van der Waals surface area contributed by atoms with Crippen LogP contribution >= 0.6 is 0 Å². The minimum Gasteiger partial charge on any atom is -0.495 e. The van der Waals surface area contributed by atoms with E-state index in [2.05, 4.69) is 0 Å². The highest BCUT2D eigenvalue weighted by Gasteiger charge is 2.10. The van der Waals surface area contributed by atoms with Crippen molar-refractivity contribution in [1.29, 1.82) is 0 Å². The fourth-order valence-corrected chi connectivity index (χ4v) is 2.26. The third-order valence-electron chi connectivity index (χ3n) is 2.57. The van der Waals surface area contributed by atoms with Gasteiger partial charge in [0.2, 0.25) is 0 Å². The van der Waals surface area contributed by atoms with E-state index < -0.39 is 11.1 Å².